The topological polar surface area (TPSA) is 16.8 Å². The zero-order valence-electron chi connectivity index (χ0n) is 19.6. The monoisotopic (exact) mass is 409 g/mol. The fraction of sp³-hybridized carbons (Fsp3) is 0.310. The predicted octanol–water partition coefficient (Wildman–Crippen LogP) is 7.10. The van der Waals surface area contributed by atoms with E-state index in [9.17, 15) is 0 Å². The van der Waals surface area contributed by atoms with Gasteiger partial charge in [-0.25, -0.2) is 4.57 Å². The number of hydrogen-bond acceptors (Lipinski definition) is 1. The first-order valence-electron chi connectivity index (χ1n) is 11.3. The van der Waals surface area contributed by atoms with Crippen molar-refractivity contribution in [2.24, 2.45) is 18.9 Å². The van der Waals surface area contributed by atoms with E-state index in [0.29, 0.717) is 17.8 Å². The maximum absolute atomic E-state index is 4.30. The Hall–Kier alpha value is -3.00. The fourth-order valence-electron chi connectivity index (χ4n) is 5.06. The lowest BCUT2D eigenvalue weighted by Gasteiger charge is -2.25. The molecule has 4 aromatic rings. The molecule has 0 atom stereocenters. The Bertz CT molecular complexity index is 1200. The van der Waals surface area contributed by atoms with E-state index in [0.717, 1.165) is 5.56 Å². The lowest BCUT2D eigenvalue weighted by atomic mass is 9.79. The van der Waals surface area contributed by atoms with Crippen LogP contribution in [0.3, 0.4) is 0 Å². The smallest absolute Gasteiger partial charge is 0.220 e. The van der Waals surface area contributed by atoms with Crippen molar-refractivity contribution in [2.45, 2.75) is 40.5 Å². The second kappa shape index (κ2) is 8.63. The van der Waals surface area contributed by atoms with E-state index in [-0.39, 0.29) is 0 Å². The molecule has 0 aliphatic heterocycles. The van der Waals surface area contributed by atoms with Crippen molar-refractivity contribution in [3.8, 4) is 22.4 Å². The number of pyridine rings is 2. The van der Waals surface area contributed by atoms with Crippen molar-refractivity contribution in [1.82, 2.24) is 4.98 Å². The van der Waals surface area contributed by atoms with E-state index in [4.69, 9.17) is 0 Å². The summed E-state index contributed by atoms with van der Waals surface area (Å²) in [7, 11) is 2.14. The molecule has 0 aliphatic carbocycles. The van der Waals surface area contributed by atoms with Crippen LogP contribution >= 0.6 is 0 Å². The van der Waals surface area contributed by atoms with Gasteiger partial charge < -0.3 is 0 Å². The molecule has 0 fully saturated rings. The van der Waals surface area contributed by atoms with Crippen LogP contribution in [0.4, 0.5) is 0 Å². The normalized spacial score (nSPS) is 11.8. The lowest BCUT2D eigenvalue weighted by Crippen LogP contribution is -2.30. The minimum atomic E-state index is 0.567. The van der Waals surface area contributed by atoms with Gasteiger partial charge in [0.05, 0.1) is 10.9 Å². The van der Waals surface area contributed by atoms with Crippen LogP contribution in [0, 0.1) is 18.8 Å². The van der Waals surface area contributed by atoms with Gasteiger partial charge in [-0.3, -0.25) is 4.98 Å². The molecule has 0 saturated carbocycles. The van der Waals surface area contributed by atoms with Gasteiger partial charge >= 0.3 is 0 Å². The minimum absolute atomic E-state index is 0.567. The second-order valence-electron chi connectivity index (χ2n) is 9.41. The summed E-state index contributed by atoms with van der Waals surface area (Å²) in [4.78, 5) is 4.30. The van der Waals surface area contributed by atoms with Crippen molar-refractivity contribution < 1.29 is 4.57 Å². The Morgan fingerprint density at radius 2 is 1.61 bits per heavy atom. The molecule has 0 radical (unpaired) electrons. The van der Waals surface area contributed by atoms with Gasteiger partial charge in [0, 0.05) is 24.0 Å². The third-order valence-electron chi connectivity index (χ3n) is 6.47. The standard InChI is InChI=1S/C29H33N2/c1-19(2)28(20(3)4)24-11-12-26-23(16-24)13-15-31(6)29(26)27-17-22(10-9-21(27)5)25-8-7-14-30-18-25/h7-20,28H,1-6H3/q+1. The molecule has 0 spiro atoms. The summed E-state index contributed by atoms with van der Waals surface area (Å²) in [6.07, 6.45) is 5.95. The highest BCUT2D eigenvalue weighted by Gasteiger charge is 2.22. The minimum Gasteiger partial charge on any atom is -0.264 e. The largest absolute Gasteiger partial charge is 0.264 e. The maximum Gasteiger partial charge on any atom is 0.220 e. The van der Waals surface area contributed by atoms with Gasteiger partial charge in [-0.1, -0.05) is 58.0 Å². The van der Waals surface area contributed by atoms with Crippen molar-refractivity contribution in [3.05, 3.63) is 84.3 Å². The first-order valence-corrected chi connectivity index (χ1v) is 11.3. The summed E-state index contributed by atoms with van der Waals surface area (Å²) in [5.41, 5.74) is 7.59. The van der Waals surface area contributed by atoms with Gasteiger partial charge in [-0.2, -0.15) is 0 Å². The molecule has 158 valence electrons. The first kappa shape index (κ1) is 21.2. The summed E-state index contributed by atoms with van der Waals surface area (Å²) in [5, 5.41) is 2.61. The molecule has 2 heteroatoms. The average molecular weight is 410 g/mol. The summed E-state index contributed by atoms with van der Waals surface area (Å²) in [6.45, 7) is 11.5. The van der Waals surface area contributed by atoms with Gasteiger partial charge in [0.25, 0.3) is 0 Å². The van der Waals surface area contributed by atoms with Crippen molar-refractivity contribution in [2.75, 3.05) is 0 Å². The zero-order chi connectivity index (χ0) is 22.1. The lowest BCUT2D eigenvalue weighted by molar-refractivity contribution is -0.659. The Morgan fingerprint density at radius 3 is 2.29 bits per heavy atom. The second-order valence-corrected chi connectivity index (χ2v) is 9.41. The van der Waals surface area contributed by atoms with Crippen LogP contribution in [0.25, 0.3) is 33.2 Å². The van der Waals surface area contributed by atoms with Gasteiger partial charge in [-0.05, 0) is 65.0 Å². The maximum atomic E-state index is 4.30. The molecule has 2 nitrogen and oxygen atoms in total. The van der Waals surface area contributed by atoms with E-state index in [1.807, 2.05) is 18.5 Å². The molecule has 2 heterocycles. The van der Waals surface area contributed by atoms with Crippen molar-refractivity contribution >= 4 is 10.8 Å². The van der Waals surface area contributed by atoms with Crippen LogP contribution in [0.15, 0.2) is 73.2 Å². The van der Waals surface area contributed by atoms with E-state index in [1.54, 1.807) is 0 Å². The van der Waals surface area contributed by atoms with Gasteiger partial charge in [0.2, 0.25) is 5.69 Å². The Labute approximate surface area is 186 Å². The molecule has 4 rings (SSSR count). The van der Waals surface area contributed by atoms with E-state index >= 15 is 0 Å². The fourth-order valence-corrected chi connectivity index (χ4v) is 5.06. The Balaban J connectivity index is 1.89. The van der Waals surface area contributed by atoms with E-state index in [1.165, 1.54) is 38.7 Å². The molecule has 0 bridgehead atoms. The van der Waals surface area contributed by atoms with E-state index < -0.39 is 0 Å². The third-order valence-corrected chi connectivity index (χ3v) is 6.47. The van der Waals surface area contributed by atoms with Crippen molar-refractivity contribution in [1.29, 1.82) is 0 Å². The highest BCUT2D eigenvalue weighted by Crippen LogP contribution is 2.36. The number of aryl methyl sites for hydroxylation is 2. The molecule has 2 aromatic heterocycles. The number of hydrogen-bond donors (Lipinski definition) is 0. The third kappa shape index (κ3) is 4.12. The molecular formula is C29H33N2+. The van der Waals surface area contributed by atoms with Crippen LogP contribution in [0.1, 0.15) is 44.7 Å². The van der Waals surface area contributed by atoms with Gasteiger partial charge in [0.15, 0.2) is 6.20 Å². The quantitative estimate of drug-likeness (QED) is 0.321. The molecule has 0 aliphatic rings. The Kier molecular flexibility index (Phi) is 5.91. The first-order chi connectivity index (χ1) is 14.9. The molecule has 2 aromatic carbocycles. The van der Waals surface area contributed by atoms with Gasteiger partial charge in [0.1, 0.15) is 7.05 Å². The SMILES string of the molecule is Cc1ccc(-c2cccnc2)cc1-c1c2ccc(C(C(C)C)C(C)C)cc2cc[n+]1C. The average Bonchev–Trinajstić information content (AvgIpc) is 2.75. The van der Waals surface area contributed by atoms with Crippen LogP contribution < -0.4 is 4.57 Å². The molecule has 0 N–H and O–H groups in total. The molecule has 0 unspecified atom stereocenters. The number of aromatic nitrogens is 2. The van der Waals surface area contributed by atoms with Crippen LogP contribution in [0.5, 0.6) is 0 Å². The molecular weight excluding hydrogens is 376 g/mol. The van der Waals surface area contributed by atoms with Crippen LogP contribution in [-0.4, -0.2) is 4.98 Å². The molecule has 31 heavy (non-hydrogen) atoms. The summed E-state index contributed by atoms with van der Waals surface area (Å²) < 4.78 is 2.25. The molecule has 0 saturated heterocycles. The highest BCUT2D eigenvalue weighted by atomic mass is 14.9. The summed E-state index contributed by atoms with van der Waals surface area (Å²) in [5.74, 6) is 1.81. The molecule has 0 amide bonds. The summed E-state index contributed by atoms with van der Waals surface area (Å²) in [6, 6.07) is 20.2. The van der Waals surface area contributed by atoms with Crippen LogP contribution in [-0.2, 0) is 7.05 Å². The number of fused-ring (bicyclic) bond motifs is 1. The number of rotatable bonds is 5. The summed E-state index contributed by atoms with van der Waals surface area (Å²) >= 11 is 0. The van der Waals surface area contributed by atoms with Crippen LogP contribution in [0.2, 0.25) is 0 Å². The number of benzene rings is 2. The Morgan fingerprint density at radius 1 is 0.839 bits per heavy atom. The number of nitrogens with zero attached hydrogens (tertiary/aromatic N) is 2. The van der Waals surface area contributed by atoms with Crippen molar-refractivity contribution in [3.63, 3.8) is 0 Å². The predicted molar refractivity (Wildman–Crippen MR) is 131 cm³/mol. The highest BCUT2D eigenvalue weighted by molar-refractivity contribution is 5.94. The zero-order valence-corrected chi connectivity index (χ0v) is 19.6. The van der Waals surface area contributed by atoms with E-state index in [2.05, 4.69) is 106 Å². The van der Waals surface area contributed by atoms with Gasteiger partial charge in [-0.15, -0.1) is 0 Å².